The lowest BCUT2D eigenvalue weighted by Gasteiger charge is -2.35. The maximum atomic E-state index is 12.0. The first-order chi connectivity index (χ1) is 9.47. The molecule has 0 spiro atoms. The summed E-state index contributed by atoms with van der Waals surface area (Å²) in [6.45, 7) is 0. The van der Waals surface area contributed by atoms with Crippen LogP contribution in [0.25, 0.3) is 0 Å². The number of hydrogen-bond donors (Lipinski definition) is 0. The lowest BCUT2D eigenvalue weighted by molar-refractivity contribution is -0.123. The van der Waals surface area contributed by atoms with E-state index in [1.165, 1.54) is 19.8 Å². The molecule has 1 fully saturated rings. The second kappa shape index (κ2) is 6.40. The Morgan fingerprint density at radius 2 is 1.80 bits per heavy atom. The highest BCUT2D eigenvalue weighted by Crippen LogP contribution is 2.49. The lowest BCUT2D eigenvalue weighted by Crippen LogP contribution is -2.31. The molecule has 110 valence electrons. The Morgan fingerprint density at radius 3 is 2.30 bits per heavy atom. The zero-order valence-corrected chi connectivity index (χ0v) is 13.2. The molecule has 6 heteroatoms. The predicted molar refractivity (Wildman–Crippen MR) is 78.4 cm³/mol. The molecule has 0 amide bonds. The molecule has 1 aromatic rings. The summed E-state index contributed by atoms with van der Waals surface area (Å²) in [5.41, 5.74) is 1.19. The highest BCUT2D eigenvalue weighted by Gasteiger charge is 2.38. The van der Waals surface area contributed by atoms with E-state index < -0.39 is 7.60 Å². The molecule has 0 unspecified atom stereocenters. The van der Waals surface area contributed by atoms with E-state index in [4.69, 9.17) is 20.6 Å². The van der Waals surface area contributed by atoms with Crippen molar-refractivity contribution in [1.82, 2.24) is 0 Å². The molecule has 2 rings (SSSR count). The maximum absolute atomic E-state index is 12.0. The SMILES string of the molecule is COP(=O)(CC(=O)C1CC(c2ccc(Cl)cc2)C1)OC. The summed E-state index contributed by atoms with van der Waals surface area (Å²) >= 11 is 5.85. The van der Waals surface area contributed by atoms with E-state index in [-0.39, 0.29) is 17.9 Å². The number of carbonyl (C=O) groups is 1. The van der Waals surface area contributed by atoms with Crippen LogP contribution in [0.15, 0.2) is 24.3 Å². The highest BCUT2D eigenvalue weighted by atomic mass is 35.5. The van der Waals surface area contributed by atoms with E-state index in [0.29, 0.717) is 10.9 Å². The Balaban J connectivity index is 1.88. The summed E-state index contributed by atoms with van der Waals surface area (Å²) in [4.78, 5) is 12.0. The van der Waals surface area contributed by atoms with Gasteiger partial charge in [-0.3, -0.25) is 9.36 Å². The maximum Gasteiger partial charge on any atom is 0.337 e. The molecule has 0 heterocycles. The molecule has 0 bridgehead atoms. The third-order valence-corrected chi connectivity index (χ3v) is 5.90. The van der Waals surface area contributed by atoms with Crippen LogP contribution in [0.1, 0.15) is 24.3 Å². The van der Waals surface area contributed by atoms with E-state index >= 15 is 0 Å². The molecule has 0 saturated heterocycles. The average molecular weight is 317 g/mol. The minimum absolute atomic E-state index is 0.0396. The van der Waals surface area contributed by atoms with Crippen LogP contribution in [-0.2, 0) is 18.4 Å². The Morgan fingerprint density at radius 1 is 1.25 bits per heavy atom. The third kappa shape index (κ3) is 3.50. The van der Waals surface area contributed by atoms with Gasteiger partial charge in [-0.15, -0.1) is 0 Å². The van der Waals surface area contributed by atoms with E-state index in [9.17, 15) is 9.36 Å². The number of hydrogen-bond acceptors (Lipinski definition) is 4. The van der Waals surface area contributed by atoms with Crippen molar-refractivity contribution < 1.29 is 18.4 Å². The smallest absolute Gasteiger partial charge is 0.312 e. The Labute approximate surface area is 123 Å². The third-order valence-electron chi connectivity index (χ3n) is 3.84. The summed E-state index contributed by atoms with van der Waals surface area (Å²) in [5.74, 6) is 0.294. The standard InChI is InChI=1S/C14H18ClO4P/c1-18-20(17,19-2)9-14(16)12-7-11(8-12)10-3-5-13(15)6-4-10/h3-6,11-12H,7-9H2,1-2H3. The van der Waals surface area contributed by atoms with Crippen molar-refractivity contribution in [3.63, 3.8) is 0 Å². The fraction of sp³-hybridized carbons (Fsp3) is 0.500. The van der Waals surface area contributed by atoms with Gasteiger partial charge in [0, 0.05) is 25.2 Å². The van der Waals surface area contributed by atoms with Crippen molar-refractivity contribution in [2.75, 3.05) is 20.4 Å². The van der Waals surface area contributed by atoms with Gasteiger partial charge in [0.2, 0.25) is 0 Å². The van der Waals surface area contributed by atoms with Crippen LogP contribution >= 0.6 is 19.2 Å². The molecule has 1 aromatic carbocycles. The summed E-state index contributed by atoms with van der Waals surface area (Å²) in [6, 6.07) is 7.69. The van der Waals surface area contributed by atoms with Crippen LogP contribution in [0.2, 0.25) is 5.02 Å². The van der Waals surface area contributed by atoms with Gasteiger partial charge in [0.1, 0.15) is 11.9 Å². The van der Waals surface area contributed by atoms with Gasteiger partial charge in [0.25, 0.3) is 0 Å². The van der Waals surface area contributed by atoms with Gasteiger partial charge in [0.15, 0.2) is 0 Å². The van der Waals surface area contributed by atoms with Crippen LogP contribution in [0.3, 0.4) is 0 Å². The van der Waals surface area contributed by atoms with E-state index in [1.54, 1.807) is 0 Å². The number of halogens is 1. The van der Waals surface area contributed by atoms with E-state index in [1.807, 2.05) is 24.3 Å². The summed E-state index contributed by atoms with van der Waals surface area (Å²) in [7, 11) is -0.635. The van der Waals surface area contributed by atoms with Gasteiger partial charge in [-0.05, 0) is 36.5 Å². The minimum Gasteiger partial charge on any atom is -0.312 e. The van der Waals surface area contributed by atoms with Crippen LogP contribution < -0.4 is 0 Å². The van der Waals surface area contributed by atoms with Crippen molar-refractivity contribution in [2.24, 2.45) is 5.92 Å². The molecular formula is C14H18ClO4P. The molecule has 0 N–H and O–H groups in total. The van der Waals surface area contributed by atoms with Gasteiger partial charge in [0.05, 0.1) is 0 Å². The molecule has 1 saturated carbocycles. The fourth-order valence-corrected chi connectivity index (χ4v) is 3.58. The van der Waals surface area contributed by atoms with Crippen molar-refractivity contribution in [3.05, 3.63) is 34.9 Å². The minimum atomic E-state index is -3.24. The molecule has 4 nitrogen and oxygen atoms in total. The largest absolute Gasteiger partial charge is 0.337 e. The van der Waals surface area contributed by atoms with E-state index in [0.717, 1.165) is 12.8 Å². The quantitative estimate of drug-likeness (QED) is 0.747. The molecule has 0 atom stereocenters. The average Bonchev–Trinajstić information content (AvgIpc) is 2.39. The van der Waals surface area contributed by atoms with Crippen LogP contribution in [0.5, 0.6) is 0 Å². The first-order valence-electron chi connectivity index (χ1n) is 6.46. The van der Waals surface area contributed by atoms with Gasteiger partial charge in [-0.2, -0.15) is 0 Å². The molecule has 0 aliphatic heterocycles. The molecule has 1 aliphatic carbocycles. The fourth-order valence-electron chi connectivity index (χ4n) is 2.41. The Kier molecular flexibility index (Phi) is 5.03. The number of ketones is 1. The van der Waals surface area contributed by atoms with E-state index in [2.05, 4.69) is 0 Å². The first kappa shape index (κ1) is 15.7. The lowest BCUT2D eigenvalue weighted by atomic mass is 9.70. The van der Waals surface area contributed by atoms with Gasteiger partial charge >= 0.3 is 7.60 Å². The Hall–Kier alpha value is -0.670. The number of benzene rings is 1. The van der Waals surface area contributed by atoms with Gasteiger partial charge < -0.3 is 9.05 Å². The molecule has 20 heavy (non-hydrogen) atoms. The number of carbonyl (C=O) groups excluding carboxylic acids is 1. The van der Waals surface area contributed by atoms with Crippen LogP contribution in [-0.4, -0.2) is 26.2 Å². The van der Waals surface area contributed by atoms with Crippen molar-refractivity contribution in [2.45, 2.75) is 18.8 Å². The highest BCUT2D eigenvalue weighted by molar-refractivity contribution is 7.54. The predicted octanol–water partition coefficient (Wildman–Crippen LogP) is 3.89. The second-order valence-corrected chi connectivity index (χ2v) is 7.72. The molecule has 0 aromatic heterocycles. The summed E-state index contributed by atoms with van der Waals surface area (Å²) in [5, 5.41) is 0.710. The second-order valence-electron chi connectivity index (χ2n) is 5.02. The number of Topliss-reactive ketones (excluding diaryl/α,β-unsaturated/α-hetero) is 1. The van der Waals surface area contributed by atoms with Crippen molar-refractivity contribution in [1.29, 1.82) is 0 Å². The Bertz CT molecular complexity index is 514. The number of rotatable bonds is 6. The van der Waals surface area contributed by atoms with Gasteiger partial charge in [-0.1, -0.05) is 23.7 Å². The van der Waals surface area contributed by atoms with Crippen molar-refractivity contribution in [3.8, 4) is 0 Å². The molecule has 1 aliphatic rings. The molecule has 0 radical (unpaired) electrons. The zero-order valence-electron chi connectivity index (χ0n) is 11.5. The monoisotopic (exact) mass is 316 g/mol. The summed E-state index contributed by atoms with van der Waals surface area (Å²) in [6.07, 6.45) is 1.43. The van der Waals surface area contributed by atoms with Gasteiger partial charge in [-0.25, -0.2) is 0 Å². The van der Waals surface area contributed by atoms with Crippen LogP contribution in [0, 0.1) is 5.92 Å². The molecular weight excluding hydrogens is 299 g/mol. The summed E-state index contributed by atoms with van der Waals surface area (Å²) < 4.78 is 21.5. The normalized spacial score (nSPS) is 22.4. The van der Waals surface area contributed by atoms with Crippen molar-refractivity contribution >= 4 is 25.0 Å². The topological polar surface area (TPSA) is 52.6 Å². The zero-order chi connectivity index (χ0) is 14.8. The van der Waals surface area contributed by atoms with Crippen LogP contribution in [0.4, 0.5) is 0 Å². The first-order valence-corrected chi connectivity index (χ1v) is 8.56.